The van der Waals surface area contributed by atoms with Crippen LogP contribution in [0.15, 0.2) is 39.9 Å². The third-order valence-electron chi connectivity index (χ3n) is 4.08. The molecule has 2 heterocycles. The highest BCUT2D eigenvalue weighted by molar-refractivity contribution is 5.82. The van der Waals surface area contributed by atoms with E-state index in [0.29, 0.717) is 17.0 Å². The number of imidazole rings is 1. The largest absolute Gasteiger partial charge is 0.332 e. The highest BCUT2D eigenvalue weighted by atomic mass is 16.2. The number of aromatic nitrogens is 4. The Morgan fingerprint density at radius 2 is 1.65 bits per heavy atom. The average Bonchev–Trinajstić information content (AvgIpc) is 2.88. The highest BCUT2D eigenvalue weighted by Gasteiger charge is 2.15. The quantitative estimate of drug-likeness (QED) is 0.721. The summed E-state index contributed by atoms with van der Waals surface area (Å²) in [5, 5.41) is 0. The molecule has 0 aliphatic carbocycles. The van der Waals surface area contributed by atoms with Crippen molar-refractivity contribution in [2.45, 2.75) is 6.92 Å². The summed E-state index contributed by atoms with van der Waals surface area (Å²) in [5.74, 6) is 0.639. The smallest absolute Gasteiger partial charge is 0.322 e. The van der Waals surface area contributed by atoms with Gasteiger partial charge >= 0.3 is 5.69 Å². The van der Waals surface area contributed by atoms with Gasteiger partial charge in [-0.05, 0) is 24.1 Å². The minimum absolute atomic E-state index is 0.338. The van der Waals surface area contributed by atoms with Crippen LogP contribution in [0.1, 0.15) is 18.3 Å². The predicted octanol–water partition coefficient (Wildman–Crippen LogP) is 1.53. The van der Waals surface area contributed by atoms with Gasteiger partial charge in [-0.1, -0.05) is 30.3 Å². The first-order valence-electron chi connectivity index (χ1n) is 7.28. The van der Waals surface area contributed by atoms with Crippen molar-refractivity contribution in [1.29, 1.82) is 0 Å². The zero-order chi connectivity index (χ0) is 16.7. The van der Waals surface area contributed by atoms with E-state index in [1.165, 1.54) is 11.6 Å². The van der Waals surface area contributed by atoms with Crippen LogP contribution in [0.4, 0.5) is 0 Å². The molecule has 6 heteroatoms. The topological polar surface area (TPSA) is 61.8 Å². The maximum absolute atomic E-state index is 12.4. The van der Waals surface area contributed by atoms with Gasteiger partial charge in [-0.25, -0.2) is 9.78 Å². The number of aryl methyl sites for hydroxylation is 2. The third-order valence-corrected chi connectivity index (χ3v) is 4.08. The lowest BCUT2D eigenvalue weighted by molar-refractivity contribution is 0.705. The molecule has 3 rings (SSSR count). The van der Waals surface area contributed by atoms with Gasteiger partial charge in [-0.3, -0.25) is 13.9 Å². The van der Waals surface area contributed by atoms with Crippen molar-refractivity contribution in [2.24, 2.45) is 21.1 Å². The summed E-state index contributed by atoms with van der Waals surface area (Å²) in [6.07, 6.45) is 1.92. The summed E-state index contributed by atoms with van der Waals surface area (Å²) < 4.78 is 4.22. The number of hydrogen-bond acceptors (Lipinski definition) is 3. The van der Waals surface area contributed by atoms with Crippen LogP contribution >= 0.6 is 0 Å². The number of nitrogens with zero attached hydrogens (tertiary/aromatic N) is 4. The standard InChI is InChI=1S/C17H18N4O2/c1-11(12-8-6-5-7-9-12)10-13-18-15-14(19(13)2)16(22)21(4)17(23)20(15)3/h5-10H,1-4H3/b11-10+. The van der Waals surface area contributed by atoms with Gasteiger partial charge in [0.05, 0.1) is 0 Å². The fourth-order valence-electron chi connectivity index (χ4n) is 2.64. The first kappa shape index (κ1) is 15.0. The van der Waals surface area contributed by atoms with Crippen molar-refractivity contribution in [2.75, 3.05) is 0 Å². The fraction of sp³-hybridized carbons (Fsp3) is 0.235. The monoisotopic (exact) mass is 310 g/mol. The van der Waals surface area contributed by atoms with Gasteiger partial charge in [0.2, 0.25) is 0 Å². The van der Waals surface area contributed by atoms with Crippen molar-refractivity contribution in [3.8, 4) is 0 Å². The summed E-state index contributed by atoms with van der Waals surface area (Å²) in [6, 6.07) is 9.94. The van der Waals surface area contributed by atoms with Crippen molar-refractivity contribution in [1.82, 2.24) is 18.7 Å². The fourth-order valence-corrected chi connectivity index (χ4v) is 2.64. The molecule has 2 aromatic heterocycles. The Morgan fingerprint density at radius 3 is 2.30 bits per heavy atom. The van der Waals surface area contributed by atoms with Crippen LogP contribution in [0.25, 0.3) is 22.8 Å². The lowest BCUT2D eigenvalue weighted by Crippen LogP contribution is -2.37. The van der Waals surface area contributed by atoms with Gasteiger partial charge in [-0.15, -0.1) is 0 Å². The molecule has 0 aliphatic heterocycles. The van der Waals surface area contributed by atoms with E-state index in [2.05, 4.69) is 4.98 Å². The van der Waals surface area contributed by atoms with Crippen LogP contribution in [0, 0.1) is 0 Å². The summed E-state index contributed by atoms with van der Waals surface area (Å²) in [4.78, 5) is 28.9. The maximum Gasteiger partial charge on any atom is 0.332 e. The summed E-state index contributed by atoms with van der Waals surface area (Å²) in [5.41, 5.74) is 2.22. The van der Waals surface area contributed by atoms with E-state index >= 15 is 0 Å². The molecule has 0 unspecified atom stereocenters. The van der Waals surface area contributed by atoms with Crippen LogP contribution in [0.3, 0.4) is 0 Å². The molecule has 0 amide bonds. The van der Waals surface area contributed by atoms with Crippen molar-refractivity contribution >= 4 is 22.8 Å². The van der Waals surface area contributed by atoms with Crippen LogP contribution in [-0.2, 0) is 21.1 Å². The molecule has 0 bridgehead atoms. The molecule has 0 fully saturated rings. The van der Waals surface area contributed by atoms with Gasteiger partial charge in [0, 0.05) is 21.1 Å². The summed E-state index contributed by atoms with van der Waals surface area (Å²) in [7, 11) is 4.88. The van der Waals surface area contributed by atoms with Crippen molar-refractivity contribution in [3.63, 3.8) is 0 Å². The van der Waals surface area contributed by atoms with E-state index in [9.17, 15) is 9.59 Å². The second kappa shape index (κ2) is 5.39. The number of rotatable bonds is 2. The van der Waals surface area contributed by atoms with E-state index in [0.717, 1.165) is 15.7 Å². The molecule has 0 saturated carbocycles. The van der Waals surface area contributed by atoms with E-state index in [1.807, 2.05) is 43.3 Å². The molecule has 0 saturated heterocycles. The Kier molecular flexibility index (Phi) is 3.52. The van der Waals surface area contributed by atoms with Crippen LogP contribution in [0.5, 0.6) is 0 Å². The molecule has 23 heavy (non-hydrogen) atoms. The lowest BCUT2D eigenvalue weighted by Gasteiger charge is -2.03. The number of allylic oxidation sites excluding steroid dienone is 1. The Bertz CT molecular complexity index is 1040. The Hall–Kier alpha value is -2.89. The molecule has 6 nitrogen and oxygen atoms in total. The zero-order valence-corrected chi connectivity index (χ0v) is 13.6. The molecule has 0 spiro atoms. The van der Waals surface area contributed by atoms with Crippen LogP contribution < -0.4 is 11.2 Å². The van der Waals surface area contributed by atoms with E-state index in [1.54, 1.807) is 18.7 Å². The predicted molar refractivity (Wildman–Crippen MR) is 91.2 cm³/mol. The van der Waals surface area contributed by atoms with E-state index < -0.39 is 0 Å². The first-order chi connectivity index (χ1) is 10.9. The molecular weight excluding hydrogens is 292 g/mol. The molecule has 0 aliphatic rings. The lowest BCUT2D eigenvalue weighted by atomic mass is 10.1. The SMILES string of the molecule is C/C(=C\c1nc2c(c(=O)n(C)c(=O)n2C)n1C)c1ccccc1. The van der Waals surface area contributed by atoms with Crippen molar-refractivity contribution in [3.05, 3.63) is 62.6 Å². The molecular formula is C17H18N4O2. The van der Waals surface area contributed by atoms with Gasteiger partial charge in [0.15, 0.2) is 11.2 Å². The molecule has 0 N–H and O–H groups in total. The number of benzene rings is 1. The average molecular weight is 310 g/mol. The van der Waals surface area contributed by atoms with Crippen LogP contribution in [-0.4, -0.2) is 18.7 Å². The second-order valence-corrected chi connectivity index (χ2v) is 5.60. The van der Waals surface area contributed by atoms with Gasteiger partial charge in [0.25, 0.3) is 5.56 Å². The van der Waals surface area contributed by atoms with E-state index in [-0.39, 0.29) is 11.2 Å². The van der Waals surface area contributed by atoms with Gasteiger partial charge in [-0.2, -0.15) is 0 Å². The summed E-state index contributed by atoms with van der Waals surface area (Å²) in [6.45, 7) is 1.99. The minimum Gasteiger partial charge on any atom is -0.322 e. The Labute approximate surface area is 132 Å². The van der Waals surface area contributed by atoms with E-state index in [4.69, 9.17) is 0 Å². The van der Waals surface area contributed by atoms with Gasteiger partial charge in [0.1, 0.15) is 5.82 Å². The number of fused-ring (bicyclic) bond motifs is 1. The normalized spacial score (nSPS) is 12.1. The first-order valence-corrected chi connectivity index (χ1v) is 7.28. The Balaban J connectivity index is 2.27. The molecule has 1 aromatic carbocycles. The molecule has 3 aromatic rings. The van der Waals surface area contributed by atoms with Crippen LogP contribution in [0.2, 0.25) is 0 Å². The number of hydrogen-bond donors (Lipinski definition) is 0. The zero-order valence-electron chi connectivity index (χ0n) is 13.6. The highest BCUT2D eigenvalue weighted by Crippen LogP contribution is 2.18. The summed E-state index contributed by atoms with van der Waals surface area (Å²) >= 11 is 0. The molecule has 118 valence electrons. The maximum atomic E-state index is 12.4. The van der Waals surface area contributed by atoms with Gasteiger partial charge < -0.3 is 4.57 Å². The molecule has 0 radical (unpaired) electrons. The Morgan fingerprint density at radius 1 is 1.00 bits per heavy atom. The third kappa shape index (κ3) is 2.32. The minimum atomic E-state index is -0.379. The van der Waals surface area contributed by atoms with Crippen molar-refractivity contribution < 1.29 is 0 Å². The second-order valence-electron chi connectivity index (χ2n) is 5.60. The molecule has 0 atom stereocenters.